The van der Waals surface area contributed by atoms with Crippen molar-refractivity contribution in [3.05, 3.63) is 31.5 Å². The molecule has 3 nitrogen and oxygen atoms in total. The number of aryl methyl sites for hydroxylation is 2. The van der Waals surface area contributed by atoms with Gasteiger partial charge in [0.15, 0.2) is 0 Å². The molecule has 1 heterocycles. The maximum atomic E-state index is 10.1. The highest BCUT2D eigenvalue weighted by Gasteiger charge is 2.07. The molecule has 1 aromatic heterocycles. The lowest BCUT2D eigenvalue weighted by atomic mass is 10.2. The fourth-order valence-corrected chi connectivity index (χ4v) is 1.92. The fourth-order valence-electron chi connectivity index (χ4n) is 0.980. The van der Waals surface area contributed by atoms with E-state index in [-0.39, 0.29) is 11.5 Å². The van der Waals surface area contributed by atoms with Gasteiger partial charge in [0.05, 0.1) is 0 Å². The largest absolute Gasteiger partial charge is 0.264 e. The van der Waals surface area contributed by atoms with E-state index in [9.17, 15) is 10.1 Å². The molecule has 0 saturated heterocycles. The van der Waals surface area contributed by atoms with Crippen molar-refractivity contribution in [3.8, 4) is 0 Å². The van der Waals surface area contributed by atoms with Gasteiger partial charge in [-0.05, 0) is 19.9 Å². The van der Waals surface area contributed by atoms with E-state index in [0.717, 1.165) is 15.3 Å². The summed E-state index contributed by atoms with van der Waals surface area (Å²) < 4.78 is 0. The summed E-state index contributed by atoms with van der Waals surface area (Å²) in [5.41, 5.74) is 0.845. The van der Waals surface area contributed by atoms with Crippen LogP contribution in [0.15, 0.2) is 6.07 Å². The molecule has 0 aliphatic heterocycles. The SMILES string of the molecule is Cc1cc(C[N+](=O)[O-])c(C)s1. The van der Waals surface area contributed by atoms with Gasteiger partial charge >= 0.3 is 0 Å². The summed E-state index contributed by atoms with van der Waals surface area (Å²) in [6.07, 6.45) is 0. The number of nitrogens with zero attached hydrogens (tertiary/aromatic N) is 1. The highest BCUT2D eigenvalue weighted by molar-refractivity contribution is 7.12. The molecule has 0 fully saturated rings. The molecule has 1 aromatic rings. The molecule has 0 unspecified atom stereocenters. The van der Waals surface area contributed by atoms with Crippen LogP contribution in [-0.4, -0.2) is 4.92 Å². The van der Waals surface area contributed by atoms with Crippen molar-refractivity contribution in [2.45, 2.75) is 20.4 Å². The molecule has 0 saturated carbocycles. The lowest BCUT2D eigenvalue weighted by Crippen LogP contribution is -1.97. The molecule has 0 aliphatic rings. The van der Waals surface area contributed by atoms with E-state index in [1.165, 1.54) is 0 Å². The summed E-state index contributed by atoms with van der Waals surface area (Å²) in [5.74, 6) is 0. The molecule has 0 atom stereocenters. The van der Waals surface area contributed by atoms with Crippen LogP contribution in [0, 0.1) is 24.0 Å². The number of hydrogen-bond acceptors (Lipinski definition) is 3. The molecule has 0 aliphatic carbocycles. The minimum absolute atomic E-state index is 0.0455. The Balaban J connectivity index is 2.85. The molecule has 0 radical (unpaired) electrons. The van der Waals surface area contributed by atoms with Gasteiger partial charge in [-0.3, -0.25) is 10.1 Å². The van der Waals surface area contributed by atoms with Crippen LogP contribution in [0.1, 0.15) is 15.3 Å². The highest BCUT2D eigenvalue weighted by Crippen LogP contribution is 2.20. The van der Waals surface area contributed by atoms with E-state index in [2.05, 4.69) is 0 Å². The monoisotopic (exact) mass is 171 g/mol. The summed E-state index contributed by atoms with van der Waals surface area (Å²) in [4.78, 5) is 12.0. The average molecular weight is 171 g/mol. The first-order valence-electron chi connectivity index (χ1n) is 3.27. The van der Waals surface area contributed by atoms with E-state index < -0.39 is 0 Å². The van der Waals surface area contributed by atoms with E-state index in [1.54, 1.807) is 11.3 Å². The average Bonchev–Trinajstić information content (AvgIpc) is 2.09. The van der Waals surface area contributed by atoms with Crippen LogP contribution in [0.2, 0.25) is 0 Å². The Labute approximate surface area is 68.8 Å². The van der Waals surface area contributed by atoms with Gasteiger partial charge in [-0.25, -0.2) is 0 Å². The Hall–Kier alpha value is -0.900. The normalized spacial score (nSPS) is 10.0. The van der Waals surface area contributed by atoms with E-state index in [4.69, 9.17) is 0 Å². The molecule has 0 amide bonds. The van der Waals surface area contributed by atoms with Crippen LogP contribution in [-0.2, 0) is 6.54 Å². The summed E-state index contributed by atoms with van der Waals surface area (Å²) in [6.45, 7) is 3.83. The third kappa shape index (κ3) is 2.01. The Bertz CT molecular complexity index is 280. The quantitative estimate of drug-likeness (QED) is 0.505. The van der Waals surface area contributed by atoms with Crippen LogP contribution in [0.25, 0.3) is 0 Å². The third-order valence-corrected chi connectivity index (χ3v) is 2.45. The van der Waals surface area contributed by atoms with E-state index in [1.807, 2.05) is 19.9 Å². The third-order valence-electron chi connectivity index (χ3n) is 1.44. The van der Waals surface area contributed by atoms with E-state index in [0.29, 0.717) is 0 Å². The number of nitro groups is 1. The van der Waals surface area contributed by atoms with Crippen LogP contribution in [0.3, 0.4) is 0 Å². The molecule has 0 spiro atoms. The summed E-state index contributed by atoms with van der Waals surface area (Å²) >= 11 is 1.61. The first kappa shape index (κ1) is 8.20. The molecule has 0 bridgehead atoms. The van der Waals surface area contributed by atoms with Crippen molar-refractivity contribution in [3.63, 3.8) is 0 Å². The molecular formula is C7H9NO2S. The van der Waals surface area contributed by atoms with Crippen molar-refractivity contribution in [1.29, 1.82) is 0 Å². The standard InChI is InChI=1S/C7H9NO2S/c1-5-3-7(4-8(9)10)6(2)11-5/h3H,4H2,1-2H3. The Morgan fingerprint density at radius 3 is 2.64 bits per heavy atom. The van der Waals surface area contributed by atoms with Crippen molar-refractivity contribution >= 4 is 11.3 Å². The van der Waals surface area contributed by atoms with Crippen LogP contribution in [0.5, 0.6) is 0 Å². The summed E-state index contributed by atoms with van der Waals surface area (Å²) in [5, 5.41) is 10.1. The molecule has 11 heavy (non-hydrogen) atoms. The topological polar surface area (TPSA) is 43.1 Å². The second kappa shape index (κ2) is 3.00. The van der Waals surface area contributed by atoms with E-state index >= 15 is 0 Å². The van der Waals surface area contributed by atoms with Crippen LogP contribution < -0.4 is 0 Å². The fraction of sp³-hybridized carbons (Fsp3) is 0.429. The number of hydrogen-bond donors (Lipinski definition) is 0. The van der Waals surface area contributed by atoms with Gasteiger partial charge in [0, 0.05) is 20.2 Å². The molecule has 0 aromatic carbocycles. The van der Waals surface area contributed by atoms with Gasteiger partial charge in [0.25, 0.3) is 0 Å². The Kier molecular flexibility index (Phi) is 2.24. The van der Waals surface area contributed by atoms with Gasteiger partial charge in [-0.1, -0.05) is 0 Å². The zero-order valence-electron chi connectivity index (χ0n) is 6.46. The lowest BCUT2D eigenvalue weighted by molar-refractivity contribution is -0.496. The van der Waals surface area contributed by atoms with Gasteiger partial charge in [0.2, 0.25) is 6.54 Å². The number of rotatable bonds is 2. The Morgan fingerprint density at radius 2 is 2.27 bits per heavy atom. The van der Waals surface area contributed by atoms with Gasteiger partial charge in [-0.15, -0.1) is 11.3 Å². The smallest absolute Gasteiger partial charge is 0.229 e. The Morgan fingerprint density at radius 1 is 1.64 bits per heavy atom. The zero-order valence-corrected chi connectivity index (χ0v) is 7.27. The van der Waals surface area contributed by atoms with Crippen molar-refractivity contribution in [1.82, 2.24) is 0 Å². The van der Waals surface area contributed by atoms with Crippen molar-refractivity contribution in [2.24, 2.45) is 0 Å². The predicted molar refractivity (Wildman–Crippen MR) is 44.5 cm³/mol. The molecule has 1 rings (SSSR count). The van der Waals surface area contributed by atoms with Crippen LogP contribution in [0.4, 0.5) is 0 Å². The second-order valence-corrected chi connectivity index (χ2v) is 3.89. The molecule has 60 valence electrons. The van der Waals surface area contributed by atoms with Crippen LogP contribution >= 0.6 is 11.3 Å². The highest BCUT2D eigenvalue weighted by atomic mass is 32.1. The minimum atomic E-state index is -0.297. The number of thiophene rings is 1. The lowest BCUT2D eigenvalue weighted by Gasteiger charge is -1.89. The maximum Gasteiger partial charge on any atom is 0.229 e. The summed E-state index contributed by atoms with van der Waals surface area (Å²) in [6, 6.07) is 1.88. The maximum absolute atomic E-state index is 10.1. The van der Waals surface area contributed by atoms with Gasteiger partial charge in [-0.2, -0.15) is 0 Å². The minimum Gasteiger partial charge on any atom is -0.264 e. The first-order valence-corrected chi connectivity index (χ1v) is 4.09. The first-order chi connectivity index (χ1) is 5.09. The van der Waals surface area contributed by atoms with Gasteiger partial charge in [0.1, 0.15) is 0 Å². The summed E-state index contributed by atoms with van der Waals surface area (Å²) in [7, 11) is 0. The second-order valence-electron chi connectivity index (χ2n) is 2.43. The van der Waals surface area contributed by atoms with Crippen molar-refractivity contribution < 1.29 is 4.92 Å². The van der Waals surface area contributed by atoms with Gasteiger partial charge < -0.3 is 0 Å². The van der Waals surface area contributed by atoms with Crippen molar-refractivity contribution in [2.75, 3.05) is 0 Å². The predicted octanol–water partition coefficient (Wildman–Crippen LogP) is 2.14. The molecular weight excluding hydrogens is 162 g/mol. The molecule has 0 N–H and O–H groups in total. The zero-order chi connectivity index (χ0) is 8.43. The molecule has 4 heteroatoms.